The Hall–Kier alpha value is -2.88. The molecule has 0 saturated heterocycles. The number of rotatable bonds is 11. The van der Waals surface area contributed by atoms with E-state index in [0.717, 1.165) is 12.8 Å². The molecule has 35 heavy (non-hydrogen) atoms. The third-order valence-electron chi connectivity index (χ3n) is 4.62. The molecule has 0 fully saturated rings. The molecule has 0 aliphatic heterocycles. The van der Waals surface area contributed by atoms with E-state index in [9.17, 15) is 14.4 Å². The number of hydrogen-bond acceptors (Lipinski definition) is 6. The molecule has 2 aromatic rings. The van der Waals surface area contributed by atoms with Gasteiger partial charge in [0.15, 0.2) is 11.2 Å². The van der Waals surface area contributed by atoms with Gasteiger partial charge in [-0.2, -0.15) is 0 Å². The number of aryl methyl sites for hydroxylation is 1. The number of halogens is 2. The molecule has 1 atom stereocenters. The zero-order valence-corrected chi connectivity index (χ0v) is 21.5. The lowest BCUT2D eigenvalue weighted by atomic mass is 10.1. The maximum absolute atomic E-state index is 12.2. The molecular formula is C24H27Cl2N3O5S. The Kier molecular flexibility index (Phi) is 12.3. The second-order valence-corrected chi connectivity index (χ2v) is 8.74. The molecule has 8 nitrogen and oxygen atoms in total. The number of esters is 1. The molecule has 0 radical (unpaired) electrons. The van der Waals surface area contributed by atoms with Crippen LogP contribution in [0.15, 0.2) is 48.5 Å². The zero-order valence-electron chi connectivity index (χ0n) is 19.1. The predicted molar refractivity (Wildman–Crippen MR) is 138 cm³/mol. The van der Waals surface area contributed by atoms with E-state index < -0.39 is 17.9 Å². The lowest BCUT2D eigenvalue weighted by Gasteiger charge is -2.17. The van der Waals surface area contributed by atoms with Gasteiger partial charge in [0.05, 0.1) is 11.6 Å². The smallest absolute Gasteiger partial charge is 0.305 e. The SMILES string of the molecule is CC(Oc1ccc(Cl)cc1Cl)C(=O)NNC(=S)NC(=O)CCCC(=O)OCCCc1ccccc1. The van der Waals surface area contributed by atoms with Crippen LogP contribution in [-0.4, -0.2) is 35.6 Å². The summed E-state index contributed by atoms with van der Waals surface area (Å²) in [5.74, 6) is -0.994. The van der Waals surface area contributed by atoms with Gasteiger partial charge in [0.1, 0.15) is 5.75 Å². The van der Waals surface area contributed by atoms with Gasteiger partial charge < -0.3 is 14.8 Å². The lowest BCUT2D eigenvalue weighted by molar-refractivity contribution is -0.143. The predicted octanol–water partition coefficient (Wildman–Crippen LogP) is 4.13. The summed E-state index contributed by atoms with van der Waals surface area (Å²) in [5.41, 5.74) is 5.95. The van der Waals surface area contributed by atoms with E-state index >= 15 is 0 Å². The fourth-order valence-corrected chi connectivity index (χ4v) is 3.45. The van der Waals surface area contributed by atoms with Crippen molar-refractivity contribution in [1.82, 2.24) is 16.2 Å². The molecule has 1 unspecified atom stereocenters. The van der Waals surface area contributed by atoms with Crippen LogP contribution in [0.3, 0.4) is 0 Å². The number of amides is 2. The highest BCUT2D eigenvalue weighted by Crippen LogP contribution is 2.28. The largest absolute Gasteiger partial charge is 0.479 e. The fourth-order valence-electron chi connectivity index (χ4n) is 2.83. The highest BCUT2D eigenvalue weighted by atomic mass is 35.5. The van der Waals surface area contributed by atoms with Crippen LogP contribution in [-0.2, 0) is 25.5 Å². The van der Waals surface area contributed by atoms with Crippen LogP contribution in [0.5, 0.6) is 5.75 Å². The Morgan fingerprint density at radius 2 is 1.74 bits per heavy atom. The summed E-state index contributed by atoms with van der Waals surface area (Å²) in [6, 6.07) is 14.6. The summed E-state index contributed by atoms with van der Waals surface area (Å²) < 4.78 is 10.7. The molecule has 2 rings (SSSR count). The third-order valence-corrected chi connectivity index (χ3v) is 5.35. The Labute approximate surface area is 219 Å². The molecular weight excluding hydrogens is 513 g/mol. The van der Waals surface area contributed by atoms with E-state index in [1.165, 1.54) is 18.6 Å². The van der Waals surface area contributed by atoms with Crippen LogP contribution in [0, 0.1) is 0 Å². The molecule has 0 aromatic heterocycles. The number of ether oxygens (including phenoxy) is 2. The van der Waals surface area contributed by atoms with E-state index in [1.54, 1.807) is 12.1 Å². The van der Waals surface area contributed by atoms with Crippen LogP contribution in [0.4, 0.5) is 0 Å². The quantitative estimate of drug-likeness (QED) is 0.170. The Balaban J connectivity index is 1.56. The fraction of sp³-hybridized carbons (Fsp3) is 0.333. The highest BCUT2D eigenvalue weighted by Gasteiger charge is 2.17. The molecule has 188 valence electrons. The average molecular weight is 540 g/mol. The van der Waals surface area contributed by atoms with Crippen molar-refractivity contribution in [3.05, 3.63) is 64.1 Å². The lowest BCUT2D eigenvalue weighted by Crippen LogP contribution is -2.51. The van der Waals surface area contributed by atoms with Gasteiger partial charge >= 0.3 is 5.97 Å². The number of thiocarbonyl (C=S) groups is 1. The minimum atomic E-state index is -0.904. The van der Waals surface area contributed by atoms with Crippen molar-refractivity contribution in [2.24, 2.45) is 0 Å². The van der Waals surface area contributed by atoms with Gasteiger partial charge in [0.2, 0.25) is 5.91 Å². The highest BCUT2D eigenvalue weighted by molar-refractivity contribution is 7.80. The average Bonchev–Trinajstić information content (AvgIpc) is 2.82. The maximum Gasteiger partial charge on any atom is 0.305 e. The Bertz CT molecular complexity index is 1020. The van der Waals surface area contributed by atoms with Gasteiger partial charge in [-0.1, -0.05) is 53.5 Å². The van der Waals surface area contributed by atoms with Crippen LogP contribution in [0.1, 0.15) is 38.2 Å². The summed E-state index contributed by atoms with van der Waals surface area (Å²) in [6.45, 7) is 1.85. The van der Waals surface area contributed by atoms with Crippen molar-refractivity contribution >= 4 is 58.3 Å². The molecule has 2 aromatic carbocycles. The Morgan fingerprint density at radius 3 is 2.46 bits per heavy atom. The first-order valence-corrected chi connectivity index (χ1v) is 12.1. The first kappa shape index (κ1) is 28.4. The van der Waals surface area contributed by atoms with Crippen molar-refractivity contribution in [3.63, 3.8) is 0 Å². The van der Waals surface area contributed by atoms with Crippen molar-refractivity contribution in [2.45, 2.75) is 45.1 Å². The number of nitrogens with one attached hydrogen (secondary N) is 3. The monoisotopic (exact) mass is 539 g/mol. The number of hydrazine groups is 1. The van der Waals surface area contributed by atoms with Crippen LogP contribution in [0.2, 0.25) is 10.0 Å². The first-order chi connectivity index (χ1) is 16.7. The second-order valence-electron chi connectivity index (χ2n) is 7.49. The van der Waals surface area contributed by atoms with E-state index in [2.05, 4.69) is 16.2 Å². The van der Waals surface area contributed by atoms with Crippen molar-refractivity contribution in [2.75, 3.05) is 6.61 Å². The number of carbonyl (C=O) groups excluding carboxylic acids is 3. The summed E-state index contributed by atoms with van der Waals surface area (Å²) in [4.78, 5) is 35.9. The standard InChI is InChI=1S/C24H27Cl2N3O5S/c1-16(34-20-13-12-18(25)15-19(20)26)23(32)28-29-24(35)27-21(30)10-5-11-22(31)33-14-6-9-17-7-3-2-4-8-17/h2-4,7-8,12-13,15-16H,5-6,9-11,14H2,1H3,(H,28,32)(H2,27,29,30,35). The second kappa shape index (κ2) is 15.2. The van der Waals surface area contributed by atoms with Crippen molar-refractivity contribution < 1.29 is 23.9 Å². The minimum Gasteiger partial charge on any atom is -0.479 e. The van der Waals surface area contributed by atoms with E-state index in [4.69, 9.17) is 44.9 Å². The van der Waals surface area contributed by atoms with Crippen molar-refractivity contribution in [1.29, 1.82) is 0 Å². The maximum atomic E-state index is 12.2. The molecule has 0 heterocycles. The molecule has 3 N–H and O–H groups in total. The van der Waals surface area contributed by atoms with Crippen LogP contribution < -0.4 is 20.9 Å². The number of benzene rings is 2. The summed E-state index contributed by atoms with van der Waals surface area (Å²) in [6.07, 6.45) is 1.17. The third kappa shape index (κ3) is 11.4. The normalized spacial score (nSPS) is 11.2. The van der Waals surface area contributed by atoms with Crippen LogP contribution >= 0.6 is 35.4 Å². The summed E-state index contributed by atoms with van der Waals surface area (Å²) in [7, 11) is 0. The first-order valence-electron chi connectivity index (χ1n) is 11.0. The topological polar surface area (TPSA) is 106 Å². The molecule has 0 bridgehead atoms. The van der Waals surface area contributed by atoms with Gasteiger partial charge in [-0.3, -0.25) is 25.2 Å². The molecule has 2 amide bonds. The van der Waals surface area contributed by atoms with Gasteiger partial charge in [-0.05, 0) is 62.2 Å². The Morgan fingerprint density at radius 1 is 1.00 bits per heavy atom. The van der Waals surface area contributed by atoms with E-state index in [0.29, 0.717) is 23.8 Å². The minimum absolute atomic E-state index is 0.0729. The van der Waals surface area contributed by atoms with Gasteiger partial charge in [-0.25, -0.2) is 0 Å². The van der Waals surface area contributed by atoms with Gasteiger partial charge in [0.25, 0.3) is 5.91 Å². The zero-order chi connectivity index (χ0) is 25.6. The van der Waals surface area contributed by atoms with Gasteiger partial charge in [-0.15, -0.1) is 0 Å². The van der Waals surface area contributed by atoms with E-state index in [-0.39, 0.29) is 28.9 Å². The molecule has 0 aliphatic carbocycles. The van der Waals surface area contributed by atoms with Crippen molar-refractivity contribution in [3.8, 4) is 5.75 Å². The molecule has 0 saturated carbocycles. The molecule has 0 aliphatic rings. The number of hydrogen-bond donors (Lipinski definition) is 3. The molecule has 11 heteroatoms. The van der Waals surface area contributed by atoms with Gasteiger partial charge in [0, 0.05) is 17.9 Å². The number of carbonyl (C=O) groups is 3. The summed E-state index contributed by atoms with van der Waals surface area (Å²) in [5, 5.41) is 3.04. The summed E-state index contributed by atoms with van der Waals surface area (Å²) >= 11 is 16.8. The van der Waals surface area contributed by atoms with Crippen LogP contribution in [0.25, 0.3) is 0 Å². The van der Waals surface area contributed by atoms with E-state index in [1.807, 2.05) is 30.3 Å². The molecule has 0 spiro atoms.